The van der Waals surface area contributed by atoms with E-state index in [2.05, 4.69) is 55.0 Å². The lowest BCUT2D eigenvalue weighted by Gasteiger charge is -2.73. The van der Waals surface area contributed by atoms with E-state index in [1.165, 1.54) is 31.3 Å². The van der Waals surface area contributed by atoms with Crippen molar-refractivity contribution in [2.75, 3.05) is 0 Å². The number of carbonyl (C=O) groups is 1. The smallest absolute Gasteiger partial charge is 0.309 e. The Morgan fingerprint density at radius 2 is 1.47 bits per heavy atom. The molecule has 5 rings (SSSR count). The third-order valence-corrected chi connectivity index (χ3v) is 14.2. The van der Waals surface area contributed by atoms with Crippen LogP contribution in [0.15, 0.2) is 12.2 Å². The summed E-state index contributed by atoms with van der Waals surface area (Å²) in [6.07, 6.45) is 10.5. The first-order valence-electron chi connectivity index (χ1n) is 14.2. The van der Waals surface area contributed by atoms with Gasteiger partial charge in [-0.3, -0.25) is 4.79 Å². The van der Waals surface area contributed by atoms with Gasteiger partial charge in [0.25, 0.3) is 0 Å². The summed E-state index contributed by atoms with van der Waals surface area (Å²) in [6.45, 7) is 20.9. The highest BCUT2D eigenvalue weighted by molar-refractivity contribution is 5.76. The van der Waals surface area contributed by atoms with E-state index in [1.807, 2.05) is 0 Å². The minimum absolute atomic E-state index is 0.0827. The van der Waals surface area contributed by atoms with Gasteiger partial charge in [-0.1, -0.05) is 46.8 Å². The van der Waals surface area contributed by atoms with Crippen LogP contribution in [-0.2, 0) is 4.79 Å². The van der Waals surface area contributed by atoms with Crippen molar-refractivity contribution in [2.24, 2.45) is 56.7 Å². The molecule has 0 amide bonds. The summed E-state index contributed by atoms with van der Waals surface area (Å²) >= 11 is 0. The fraction of sp³-hybridized carbons (Fsp3) is 0.903. The van der Waals surface area contributed by atoms with Gasteiger partial charge in [0.05, 0.1) is 11.0 Å². The average molecular weight is 471 g/mol. The zero-order valence-corrected chi connectivity index (χ0v) is 23.0. The lowest BCUT2D eigenvalue weighted by Crippen LogP contribution is -2.68. The molecule has 0 aromatic carbocycles. The van der Waals surface area contributed by atoms with Crippen LogP contribution in [0.1, 0.15) is 113 Å². The predicted molar refractivity (Wildman–Crippen MR) is 137 cm³/mol. The van der Waals surface area contributed by atoms with Crippen molar-refractivity contribution in [3.05, 3.63) is 12.2 Å². The van der Waals surface area contributed by atoms with Gasteiger partial charge in [-0.15, -0.1) is 0 Å². The maximum atomic E-state index is 12.8. The molecule has 5 aliphatic rings. The normalized spacial score (nSPS) is 55.9. The molecule has 10 atom stereocenters. The molecular weight excluding hydrogens is 420 g/mol. The van der Waals surface area contributed by atoms with Crippen LogP contribution in [0.3, 0.4) is 0 Å². The summed E-state index contributed by atoms with van der Waals surface area (Å²) in [6, 6.07) is 0. The molecule has 192 valence electrons. The molecule has 0 aromatic rings. The first-order chi connectivity index (χ1) is 15.6. The Bertz CT molecular complexity index is 902. The average Bonchev–Trinajstić information content (AvgIpc) is 3.13. The lowest BCUT2D eigenvalue weighted by molar-refractivity contribution is -0.261. The van der Waals surface area contributed by atoms with Gasteiger partial charge in [0, 0.05) is 0 Å². The van der Waals surface area contributed by atoms with Gasteiger partial charge in [-0.25, -0.2) is 0 Å². The number of fused-ring (bicyclic) bond motifs is 7. The van der Waals surface area contributed by atoms with E-state index in [4.69, 9.17) is 0 Å². The van der Waals surface area contributed by atoms with E-state index in [9.17, 15) is 15.0 Å². The highest BCUT2D eigenvalue weighted by Crippen LogP contribution is 2.78. The zero-order chi connectivity index (χ0) is 25.1. The second-order valence-corrected chi connectivity index (χ2v) is 15.1. The molecule has 0 heterocycles. The summed E-state index contributed by atoms with van der Waals surface area (Å²) < 4.78 is 0. The molecule has 0 radical (unpaired) electrons. The SMILES string of the molecule is C=C(C)[C@@H]1CC[C@]2(C(=O)O)CC[C@]3(C)C(CCC4[C@@]5(C)CC[C@](C)(O)C(C)(C)C5CC[C@]43C)C12. The summed E-state index contributed by atoms with van der Waals surface area (Å²) in [5, 5.41) is 21.9. The molecule has 34 heavy (non-hydrogen) atoms. The van der Waals surface area contributed by atoms with E-state index >= 15 is 0 Å². The number of carboxylic acids is 1. The van der Waals surface area contributed by atoms with E-state index < -0.39 is 17.0 Å². The van der Waals surface area contributed by atoms with Gasteiger partial charge < -0.3 is 10.2 Å². The van der Waals surface area contributed by atoms with Crippen molar-refractivity contribution >= 4 is 5.97 Å². The zero-order valence-electron chi connectivity index (χ0n) is 23.0. The number of hydrogen-bond donors (Lipinski definition) is 2. The van der Waals surface area contributed by atoms with Crippen LogP contribution >= 0.6 is 0 Å². The van der Waals surface area contributed by atoms with Gasteiger partial charge in [0.2, 0.25) is 0 Å². The summed E-state index contributed by atoms with van der Waals surface area (Å²) in [5.74, 6) is 1.73. The highest BCUT2D eigenvalue weighted by atomic mass is 16.4. The second kappa shape index (κ2) is 7.14. The van der Waals surface area contributed by atoms with Gasteiger partial charge >= 0.3 is 5.97 Å². The van der Waals surface area contributed by atoms with Crippen molar-refractivity contribution in [2.45, 2.75) is 118 Å². The molecule has 0 bridgehead atoms. The molecule has 0 saturated heterocycles. The minimum atomic E-state index is -0.601. The monoisotopic (exact) mass is 470 g/mol. The Morgan fingerprint density at radius 1 is 0.794 bits per heavy atom. The van der Waals surface area contributed by atoms with Crippen molar-refractivity contribution in [3.8, 4) is 0 Å². The summed E-state index contributed by atoms with van der Waals surface area (Å²) in [4.78, 5) is 12.8. The van der Waals surface area contributed by atoms with Crippen molar-refractivity contribution < 1.29 is 15.0 Å². The van der Waals surface area contributed by atoms with E-state index in [0.717, 1.165) is 38.5 Å². The minimum Gasteiger partial charge on any atom is -0.481 e. The molecule has 0 aromatic heterocycles. The third-order valence-electron chi connectivity index (χ3n) is 14.2. The van der Waals surface area contributed by atoms with E-state index in [0.29, 0.717) is 23.7 Å². The molecule has 3 nitrogen and oxygen atoms in total. The predicted octanol–water partition coefficient (Wildman–Crippen LogP) is 7.48. The molecule has 5 aliphatic carbocycles. The van der Waals surface area contributed by atoms with Gasteiger partial charge in [0.1, 0.15) is 0 Å². The first-order valence-corrected chi connectivity index (χ1v) is 14.2. The molecule has 0 aliphatic heterocycles. The molecule has 4 unspecified atom stereocenters. The number of aliphatic hydroxyl groups is 1. The maximum absolute atomic E-state index is 12.8. The van der Waals surface area contributed by atoms with Gasteiger partial charge in [0.15, 0.2) is 0 Å². The third kappa shape index (κ3) is 2.72. The number of aliphatic carboxylic acids is 1. The fourth-order valence-corrected chi connectivity index (χ4v) is 11.6. The van der Waals surface area contributed by atoms with Crippen LogP contribution in [0.5, 0.6) is 0 Å². The van der Waals surface area contributed by atoms with Crippen LogP contribution in [-0.4, -0.2) is 21.8 Å². The van der Waals surface area contributed by atoms with Crippen molar-refractivity contribution in [1.29, 1.82) is 0 Å². The second-order valence-electron chi connectivity index (χ2n) is 15.1. The molecule has 0 spiro atoms. The molecule has 5 fully saturated rings. The van der Waals surface area contributed by atoms with Gasteiger partial charge in [-0.05, 0) is 129 Å². The number of carboxylic acid groups (broad SMARTS) is 1. The molecule has 2 N–H and O–H groups in total. The van der Waals surface area contributed by atoms with Crippen molar-refractivity contribution in [1.82, 2.24) is 0 Å². The molecular formula is C31H50O3. The van der Waals surface area contributed by atoms with Crippen LogP contribution in [0.25, 0.3) is 0 Å². The first kappa shape index (κ1) is 24.8. The van der Waals surface area contributed by atoms with Crippen LogP contribution in [0.4, 0.5) is 0 Å². The van der Waals surface area contributed by atoms with Crippen molar-refractivity contribution in [3.63, 3.8) is 0 Å². The fourth-order valence-electron chi connectivity index (χ4n) is 11.6. The van der Waals surface area contributed by atoms with E-state index in [1.54, 1.807) is 0 Å². The number of hydrogen-bond acceptors (Lipinski definition) is 2. The Hall–Kier alpha value is -0.830. The Kier molecular flexibility index (Phi) is 5.22. The number of allylic oxidation sites excluding steroid dienone is 1. The quantitative estimate of drug-likeness (QED) is 0.411. The van der Waals surface area contributed by atoms with Gasteiger partial charge in [-0.2, -0.15) is 0 Å². The highest BCUT2D eigenvalue weighted by Gasteiger charge is 2.72. The molecule has 5 saturated carbocycles. The largest absolute Gasteiger partial charge is 0.481 e. The standard InChI is InChI=1S/C31H50O3/c1-19(2)20-11-14-31(25(32)33)18-16-28(6)21(24(20)31)9-10-23-27(5)15-17-30(8,34)26(3,4)22(27)12-13-29(23,28)7/h20-24,34H,1,9-18H2,2-8H3,(H,32,33)/t20-,21?,22?,23?,24?,27-,28+,29+,30-,31-/m0/s1. The number of rotatable bonds is 2. The van der Waals surface area contributed by atoms with Crippen LogP contribution < -0.4 is 0 Å². The topological polar surface area (TPSA) is 57.5 Å². The maximum Gasteiger partial charge on any atom is 0.309 e. The van der Waals surface area contributed by atoms with Crippen LogP contribution in [0, 0.1) is 56.7 Å². The summed E-state index contributed by atoms with van der Waals surface area (Å²) in [5.41, 5.74) is 0.637. The Labute approximate surface area is 208 Å². The lowest BCUT2D eigenvalue weighted by atomic mass is 9.31. The Balaban J connectivity index is 1.57. The van der Waals surface area contributed by atoms with E-state index in [-0.39, 0.29) is 27.6 Å². The Morgan fingerprint density at radius 3 is 2.09 bits per heavy atom. The summed E-state index contributed by atoms with van der Waals surface area (Å²) in [7, 11) is 0. The molecule has 3 heteroatoms. The van der Waals surface area contributed by atoms with Crippen LogP contribution in [0.2, 0.25) is 0 Å².